The third-order valence-electron chi connectivity index (χ3n) is 3.19. The molecule has 22 heavy (non-hydrogen) atoms. The summed E-state index contributed by atoms with van der Waals surface area (Å²) in [6.45, 7) is 4.70. The van der Waals surface area contributed by atoms with Gasteiger partial charge >= 0.3 is 5.97 Å². The lowest BCUT2D eigenvalue weighted by Crippen LogP contribution is -2.20. The Bertz CT molecular complexity index is 602. The molecule has 2 aromatic carbocycles. The van der Waals surface area contributed by atoms with Gasteiger partial charge in [-0.05, 0) is 49.2 Å². The molecular formula is C18H20O4. The number of carbonyl (C=O) groups is 1. The van der Waals surface area contributed by atoms with Crippen LogP contribution >= 0.6 is 0 Å². The van der Waals surface area contributed by atoms with Crippen LogP contribution in [0.3, 0.4) is 0 Å². The topological polar surface area (TPSA) is 55.8 Å². The fourth-order valence-electron chi connectivity index (χ4n) is 2.02. The van der Waals surface area contributed by atoms with Crippen molar-refractivity contribution in [1.82, 2.24) is 0 Å². The van der Waals surface area contributed by atoms with Crippen molar-refractivity contribution in [2.75, 3.05) is 13.2 Å². The molecule has 0 heterocycles. The number of rotatable bonds is 6. The molecule has 0 saturated carbocycles. The van der Waals surface area contributed by atoms with Crippen molar-refractivity contribution in [1.29, 1.82) is 0 Å². The zero-order valence-electron chi connectivity index (χ0n) is 12.8. The van der Waals surface area contributed by atoms with Gasteiger partial charge in [-0.25, -0.2) is 4.79 Å². The molecule has 0 aliphatic rings. The number of phenolic OH excluding ortho intramolecular Hbond substituents is 1. The summed E-state index contributed by atoms with van der Waals surface area (Å²) in [6, 6.07) is 14.1. The highest BCUT2D eigenvalue weighted by molar-refractivity contribution is 5.90. The van der Waals surface area contributed by atoms with Crippen LogP contribution in [0.25, 0.3) is 11.1 Å². The Kier molecular flexibility index (Phi) is 5.55. The summed E-state index contributed by atoms with van der Waals surface area (Å²) in [6.07, 6.45) is -0.274. The summed E-state index contributed by atoms with van der Waals surface area (Å²) in [7, 11) is 0. The van der Waals surface area contributed by atoms with Crippen molar-refractivity contribution in [3.8, 4) is 16.9 Å². The van der Waals surface area contributed by atoms with Gasteiger partial charge in [0.2, 0.25) is 0 Å². The molecule has 0 aromatic heterocycles. The van der Waals surface area contributed by atoms with Gasteiger partial charge in [-0.1, -0.05) is 24.3 Å². The minimum absolute atomic E-state index is 0.229. The van der Waals surface area contributed by atoms with Gasteiger partial charge in [0, 0.05) is 6.61 Å². The van der Waals surface area contributed by atoms with Crippen LogP contribution in [0, 0.1) is 0 Å². The second-order valence-electron chi connectivity index (χ2n) is 5.00. The Labute approximate surface area is 130 Å². The maximum atomic E-state index is 12.0. The first-order valence-electron chi connectivity index (χ1n) is 7.28. The third-order valence-corrected chi connectivity index (χ3v) is 3.19. The van der Waals surface area contributed by atoms with Gasteiger partial charge in [-0.2, -0.15) is 0 Å². The molecule has 0 radical (unpaired) electrons. The van der Waals surface area contributed by atoms with E-state index in [0.29, 0.717) is 18.8 Å². The van der Waals surface area contributed by atoms with Crippen LogP contribution in [-0.4, -0.2) is 30.4 Å². The first kappa shape index (κ1) is 16.0. The Morgan fingerprint density at radius 2 is 1.59 bits per heavy atom. The van der Waals surface area contributed by atoms with Gasteiger partial charge in [0.1, 0.15) is 11.9 Å². The van der Waals surface area contributed by atoms with E-state index in [1.165, 1.54) is 0 Å². The predicted octanol–water partition coefficient (Wildman–Crippen LogP) is 3.64. The second-order valence-corrected chi connectivity index (χ2v) is 5.00. The fraction of sp³-hybridized carbons (Fsp3) is 0.278. The standard InChI is InChI=1S/C18H20O4/c1-3-21-12-13(2)22-18(20)16-6-4-14(5-7-16)15-8-10-17(19)11-9-15/h4-11,13,19H,3,12H2,1-2H3. The van der Waals surface area contributed by atoms with Crippen molar-refractivity contribution in [2.24, 2.45) is 0 Å². The predicted molar refractivity (Wildman–Crippen MR) is 84.9 cm³/mol. The maximum Gasteiger partial charge on any atom is 0.338 e. The summed E-state index contributed by atoms with van der Waals surface area (Å²) in [5.74, 6) is -0.128. The summed E-state index contributed by atoms with van der Waals surface area (Å²) in [5, 5.41) is 9.29. The lowest BCUT2D eigenvalue weighted by molar-refractivity contribution is 0.00440. The lowest BCUT2D eigenvalue weighted by Gasteiger charge is -2.13. The molecule has 2 rings (SSSR count). The van der Waals surface area contributed by atoms with Crippen molar-refractivity contribution in [2.45, 2.75) is 20.0 Å². The van der Waals surface area contributed by atoms with Crippen LogP contribution in [0.2, 0.25) is 0 Å². The third kappa shape index (κ3) is 4.33. The van der Waals surface area contributed by atoms with E-state index in [1.54, 1.807) is 31.2 Å². The first-order chi connectivity index (χ1) is 10.6. The van der Waals surface area contributed by atoms with Gasteiger partial charge < -0.3 is 14.6 Å². The molecule has 1 unspecified atom stereocenters. The molecule has 0 amide bonds. The highest BCUT2D eigenvalue weighted by Gasteiger charge is 2.12. The van der Waals surface area contributed by atoms with Crippen molar-refractivity contribution < 1.29 is 19.4 Å². The molecule has 0 fully saturated rings. The van der Waals surface area contributed by atoms with Crippen molar-refractivity contribution in [3.05, 3.63) is 54.1 Å². The normalized spacial score (nSPS) is 11.9. The zero-order chi connectivity index (χ0) is 15.9. The van der Waals surface area contributed by atoms with E-state index in [0.717, 1.165) is 11.1 Å². The molecule has 1 N–H and O–H groups in total. The minimum atomic E-state index is -0.357. The molecule has 4 heteroatoms. The second kappa shape index (κ2) is 7.61. The number of benzene rings is 2. The largest absolute Gasteiger partial charge is 0.508 e. The number of hydrogen-bond donors (Lipinski definition) is 1. The Morgan fingerprint density at radius 1 is 1.05 bits per heavy atom. The van der Waals surface area contributed by atoms with E-state index < -0.39 is 0 Å². The van der Waals surface area contributed by atoms with Gasteiger partial charge in [0.15, 0.2) is 0 Å². The van der Waals surface area contributed by atoms with Crippen LogP contribution in [0.4, 0.5) is 0 Å². The molecule has 116 valence electrons. The molecule has 2 aromatic rings. The monoisotopic (exact) mass is 300 g/mol. The average molecular weight is 300 g/mol. The fourth-order valence-corrected chi connectivity index (χ4v) is 2.02. The number of carbonyl (C=O) groups excluding carboxylic acids is 1. The number of esters is 1. The van der Waals surface area contributed by atoms with E-state index in [-0.39, 0.29) is 17.8 Å². The van der Waals surface area contributed by atoms with Crippen LogP contribution in [0.15, 0.2) is 48.5 Å². The smallest absolute Gasteiger partial charge is 0.338 e. The van der Waals surface area contributed by atoms with Gasteiger partial charge in [-0.15, -0.1) is 0 Å². The lowest BCUT2D eigenvalue weighted by atomic mass is 10.0. The summed E-state index contributed by atoms with van der Waals surface area (Å²) in [5.41, 5.74) is 2.45. The minimum Gasteiger partial charge on any atom is -0.508 e. The quantitative estimate of drug-likeness (QED) is 0.827. The first-order valence-corrected chi connectivity index (χ1v) is 7.28. The zero-order valence-corrected chi connectivity index (χ0v) is 12.8. The molecular weight excluding hydrogens is 280 g/mol. The SMILES string of the molecule is CCOCC(C)OC(=O)c1ccc(-c2ccc(O)cc2)cc1. The van der Waals surface area contributed by atoms with E-state index >= 15 is 0 Å². The molecule has 0 aliphatic heterocycles. The van der Waals surface area contributed by atoms with E-state index in [9.17, 15) is 9.90 Å². The summed E-state index contributed by atoms with van der Waals surface area (Å²) < 4.78 is 10.5. The number of hydrogen-bond acceptors (Lipinski definition) is 4. The summed E-state index contributed by atoms with van der Waals surface area (Å²) in [4.78, 5) is 12.0. The van der Waals surface area contributed by atoms with E-state index in [1.807, 2.05) is 31.2 Å². The Balaban J connectivity index is 2.02. The molecule has 4 nitrogen and oxygen atoms in total. The van der Waals surface area contributed by atoms with Crippen LogP contribution in [0.5, 0.6) is 5.75 Å². The van der Waals surface area contributed by atoms with Crippen LogP contribution in [-0.2, 0) is 9.47 Å². The van der Waals surface area contributed by atoms with Crippen molar-refractivity contribution >= 4 is 5.97 Å². The van der Waals surface area contributed by atoms with Crippen LogP contribution in [0.1, 0.15) is 24.2 Å². The summed E-state index contributed by atoms with van der Waals surface area (Å²) >= 11 is 0. The van der Waals surface area contributed by atoms with E-state index in [2.05, 4.69) is 0 Å². The Hall–Kier alpha value is -2.33. The number of ether oxygens (including phenoxy) is 2. The van der Waals surface area contributed by atoms with E-state index in [4.69, 9.17) is 9.47 Å². The molecule has 0 aliphatic carbocycles. The molecule has 0 bridgehead atoms. The molecule has 0 spiro atoms. The van der Waals surface area contributed by atoms with Gasteiger partial charge in [0.25, 0.3) is 0 Å². The number of phenols is 1. The van der Waals surface area contributed by atoms with Crippen molar-refractivity contribution in [3.63, 3.8) is 0 Å². The van der Waals surface area contributed by atoms with Gasteiger partial charge in [0.05, 0.1) is 12.2 Å². The average Bonchev–Trinajstić information content (AvgIpc) is 2.54. The highest BCUT2D eigenvalue weighted by Crippen LogP contribution is 2.22. The maximum absolute atomic E-state index is 12.0. The van der Waals surface area contributed by atoms with Crippen LogP contribution < -0.4 is 0 Å². The molecule has 1 atom stereocenters. The highest BCUT2D eigenvalue weighted by atomic mass is 16.6. The molecule has 0 saturated heterocycles. The number of aromatic hydroxyl groups is 1. The Morgan fingerprint density at radius 3 is 2.14 bits per heavy atom. The van der Waals surface area contributed by atoms with Gasteiger partial charge in [-0.3, -0.25) is 0 Å².